The second-order valence-electron chi connectivity index (χ2n) is 4.45. The van der Waals surface area contributed by atoms with Crippen LogP contribution < -0.4 is 15.2 Å². The van der Waals surface area contributed by atoms with E-state index >= 15 is 0 Å². The van der Waals surface area contributed by atoms with Gasteiger partial charge in [0.15, 0.2) is 0 Å². The van der Waals surface area contributed by atoms with Gasteiger partial charge in [0.25, 0.3) is 0 Å². The molecule has 0 saturated carbocycles. The second kappa shape index (κ2) is 6.25. The van der Waals surface area contributed by atoms with E-state index in [2.05, 4.69) is 6.92 Å². The average Bonchev–Trinajstić information content (AvgIpc) is 2.46. The maximum Gasteiger partial charge on any atom is 0.123 e. The highest BCUT2D eigenvalue weighted by molar-refractivity contribution is 5.37. The van der Waals surface area contributed by atoms with Crippen molar-refractivity contribution in [3.8, 4) is 11.5 Å². The largest absolute Gasteiger partial charge is 0.496 e. The van der Waals surface area contributed by atoms with Crippen LogP contribution in [0.1, 0.15) is 16.7 Å². The quantitative estimate of drug-likeness (QED) is 0.895. The van der Waals surface area contributed by atoms with Gasteiger partial charge in [0.2, 0.25) is 0 Å². The molecule has 2 aromatic carbocycles. The van der Waals surface area contributed by atoms with Crippen LogP contribution in [-0.4, -0.2) is 7.11 Å². The second-order valence-corrected chi connectivity index (χ2v) is 4.45. The van der Waals surface area contributed by atoms with Gasteiger partial charge in [-0.3, -0.25) is 0 Å². The number of aryl methyl sites for hydroxylation is 1. The number of hydrogen-bond donors (Lipinski definition) is 1. The van der Waals surface area contributed by atoms with Crippen molar-refractivity contribution in [2.45, 2.75) is 20.1 Å². The number of hydrogen-bond acceptors (Lipinski definition) is 3. The highest BCUT2D eigenvalue weighted by atomic mass is 16.5. The number of ether oxygens (including phenoxy) is 2. The summed E-state index contributed by atoms with van der Waals surface area (Å²) in [6, 6.07) is 14.0. The van der Waals surface area contributed by atoms with Crippen molar-refractivity contribution in [3.63, 3.8) is 0 Å². The SMILES string of the molecule is COc1ccc(COc2ccc(C)cc2)cc1CN. The fraction of sp³-hybridized carbons (Fsp3) is 0.250. The van der Waals surface area contributed by atoms with Crippen molar-refractivity contribution >= 4 is 0 Å². The van der Waals surface area contributed by atoms with Crippen molar-refractivity contribution in [2.75, 3.05) is 7.11 Å². The molecule has 0 unspecified atom stereocenters. The van der Waals surface area contributed by atoms with Crippen LogP contribution >= 0.6 is 0 Å². The zero-order valence-corrected chi connectivity index (χ0v) is 11.3. The van der Waals surface area contributed by atoms with Crippen LogP contribution in [-0.2, 0) is 13.2 Å². The van der Waals surface area contributed by atoms with Crippen molar-refractivity contribution in [1.29, 1.82) is 0 Å². The van der Waals surface area contributed by atoms with Gasteiger partial charge in [-0.15, -0.1) is 0 Å². The molecule has 0 amide bonds. The number of rotatable bonds is 5. The van der Waals surface area contributed by atoms with E-state index < -0.39 is 0 Å². The fourth-order valence-electron chi connectivity index (χ4n) is 1.88. The lowest BCUT2D eigenvalue weighted by Crippen LogP contribution is -2.02. The molecule has 2 N–H and O–H groups in total. The average molecular weight is 257 g/mol. The summed E-state index contributed by atoms with van der Waals surface area (Å²) in [5.74, 6) is 1.69. The molecule has 0 aliphatic rings. The molecule has 0 heterocycles. The van der Waals surface area contributed by atoms with Gasteiger partial charge in [0.05, 0.1) is 7.11 Å². The monoisotopic (exact) mass is 257 g/mol. The third kappa shape index (κ3) is 3.48. The minimum absolute atomic E-state index is 0.460. The Morgan fingerprint density at radius 2 is 1.79 bits per heavy atom. The zero-order valence-electron chi connectivity index (χ0n) is 11.3. The summed E-state index contributed by atoms with van der Waals surface area (Å²) in [6.45, 7) is 3.04. The number of nitrogens with two attached hydrogens (primary N) is 1. The van der Waals surface area contributed by atoms with Crippen LogP contribution in [0.4, 0.5) is 0 Å². The molecule has 2 rings (SSSR count). The Morgan fingerprint density at radius 3 is 2.42 bits per heavy atom. The lowest BCUT2D eigenvalue weighted by atomic mass is 10.1. The van der Waals surface area contributed by atoms with E-state index in [4.69, 9.17) is 15.2 Å². The molecule has 3 heteroatoms. The van der Waals surface area contributed by atoms with Crippen LogP contribution in [0.15, 0.2) is 42.5 Å². The molecule has 0 fully saturated rings. The minimum atomic E-state index is 0.460. The van der Waals surface area contributed by atoms with E-state index in [1.807, 2.05) is 42.5 Å². The normalized spacial score (nSPS) is 10.3. The third-order valence-corrected chi connectivity index (χ3v) is 2.99. The van der Waals surface area contributed by atoms with E-state index in [-0.39, 0.29) is 0 Å². The molecule has 0 radical (unpaired) electrons. The van der Waals surface area contributed by atoms with Gasteiger partial charge >= 0.3 is 0 Å². The van der Waals surface area contributed by atoms with E-state index in [0.717, 1.165) is 22.6 Å². The Morgan fingerprint density at radius 1 is 1.05 bits per heavy atom. The molecule has 0 saturated heterocycles. The lowest BCUT2D eigenvalue weighted by molar-refractivity contribution is 0.305. The summed E-state index contributed by atoms with van der Waals surface area (Å²) < 4.78 is 11.0. The van der Waals surface area contributed by atoms with Gasteiger partial charge in [0.1, 0.15) is 18.1 Å². The van der Waals surface area contributed by atoms with E-state index in [9.17, 15) is 0 Å². The Hall–Kier alpha value is -2.00. The van der Waals surface area contributed by atoms with Gasteiger partial charge in [-0.2, -0.15) is 0 Å². The Bertz CT molecular complexity index is 535. The van der Waals surface area contributed by atoms with E-state index in [1.165, 1.54) is 5.56 Å². The first-order valence-corrected chi connectivity index (χ1v) is 6.28. The number of benzene rings is 2. The molecular formula is C16H19NO2. The molecule has 0 spiro atoms. The Kier molecular flexibility index (Phi) is 4.42. The molecule has 100 valence electrons. The first-order chi connectivity index (χ1) is 9.22. The molecule has 0 aliphatic heterocycles. The smallest absolute Gasteiger partial charge is 0.123 e. The number of methoxy groups -OCH3 is 1. The Balaban J connectivity index is 2.05. The standard InChI is InChI=1S/C16H19NO2/c1-12-3-6-15(7-4-12)19-11-13-5-8-16(18-2)14(9-13)10-17/h3-9H,10-11,17H2,1-2H3. The first kappa shape index (κ1) is 13.4. The van der Waals surface area contributed by atoms with Gasteiger partial charge in [-0.05, 0) is 36.8 Å². The van der Waals surface area contributed by atoms with Crippen LogP contribution in [0.3, 0.4) is 0 Å². The zero-order chi connectivity index (χ0) is 13.7. The molecule has 19 heavy (non-hydrogen) atoms. The predicted molar refractivity (Wildman–Crippen MR) is 76.4 cm³/mol. The van der Waals surface area contributed by atoms with E-state index in [0.29, 0.717) is 13.2 Å². The first-order valence-electron chi connectivity index (χ1n) is 6.28. The maximum absolute atomic E-state index is 5.74. The predicted octanol–water partition coefficient (Wildman–Crippen LogP) is 3.04. The highest BCUT2D eigenvalue weighted by Gasteiger charge is 2.03. The summed E-state index contributed by atoms with van der Waals surface area (Å²) in [5.41, 5.74) is 9.00. The van der Waals surface area contributed by atoms with Gasteiger partial charge < -0.3 is 15.2 Å². The molecule has 2 aromatic rings. The molecule has 0 aromatic heterocycles. The van der Waals surface area contributed by atoms with Crippen LogP contribution in [0.2, 0.25) is 0 Å². The molecule has 0 atom stereocenters. The summed E-state index contributed by atoms with van der Waals surface area (Å²) in [7, 11) is 1.65. The minimum Gasteiger partial charge on any atom is -0.496 e. The molecule has 3 nitrogen and oxygen atoms in total. The topological polar surface area (TPSA) is 44.5 Å². The van der Waals surface area contributed by atoms with Crippen LogP contribution in [0.5, 0.6) is 11.5 Å². The van der Waals surface area contributed by atoms with Gasteiger partial charge in [-0.1, -0.05) is 23.8 Å². The molecule has 0 bridgehead atoms. The van der Waals surface area contributed by atoms with Gasteiger partial charge in [-0.25, -0.2) is 0 Å². The highest BCUT2D eigenvalue weighted by Crippen LogP contribution is 2.20. The van der Waals surface area contributed by atoms with Gasteiger partial charge in [0, 0.05) is 12.1 Å². The Labute approximate surface area is 114 Å². The lowest BCUT2D eigenvalue weighted by Gasteiger charge is -2.10. The maximum atomic E-state index is 5.74. The molecule has 0 aliphatic carbocycles. The van der Waals surface area contributed by atoms with Crippen LogP contribution in [0.25, 0.3) is 0 Å². The van der Waals surface area contributed by atoms with Crippen molar-refractivity contribution in [3.05, 3.63) is 59.2 Å². The van der Waals surface area contributed by atoms with Crippen LogP contribution in [0, 0.1) is 6.92 Å². The van der Waals surface area contributed by atoms with Crippen molar-refractivity contribution in [1.82, 2.24) is 0 Å². The molecular weight excluding hydrogens is 238 g/mol. The summed E-state index contributed by atoms with van der Waals surface area (Å²) in [4.78, 5) is 0. The van der Waals surface area contributed by atoms with Crippen molar-refractivity contribution < 1.29 is 9.47 Å². The summed E-state index contributed by atoms with van der Waals surface area (Å²) >= 11 is 0. The van der Waals surface area contributed by atoms with E-state index in [1.54, 1.807) is 7.11 Å². The summed E-state index contributed by atoms with van der Waals surface area (Å²) in [5, 5.41) is 0. The third-order valence-electron chi connectivity index (χ3n) is 2.99. The summed E-state index contributed by atoms with van der Waals surface area (Å²) in [6.07, 6.45) is 0. The fourth-order valence-corrected chi connectivity index (χ4v) is 1.88. The van der Waals surface area contributed by atoms with Crippen molar-refractivity contribution in [2.24, 2.45) is 5.73 Å².